The summed E-state index contributed by atoms with van der Waals surface area (Å²) in [7, 11) is 0. The lowest BCUT2D eigenvalue weighted by Crippen LogP contribution is -1.99. The van der Waals surface area contributed by atoms with E-state index in [1.807, 2.05) is 49.5 Å². The van der Waals surface area contributed by atoms with Gasteiger partial charge in [-0.05, 0) is 73.2 Å². The molecule has 46 heavy (non-hydrogen) atoms. The highest BCUT2D eigenvalue weighted by Gasteiger charge is 2.22. The van der Waals surface area contributed by atoms with E-state index in [4.69, 9.17) is 4.98 Å². The number of rotatable bonds is 4. The van der Waals surface area contributed by atoms with Gasteiger partial charge in [-0.25, -0.2) is 4.98 Å². The minimum absolute atomic E-state index is 0.216. The van der Waals surface area contributed by atoms with Crippen molar-refractivity contribution in [3.63, 3.8) is 0 Å². The number of aromatic nitrogens is 4. The predicted molar refractivity (Wildman–Crippen MR) is 188 cm³/mol. The van der Waals surface area contributed by atoms with Gasteiger partial charge in [0.2, 0.25) is 0 Å². The van der Waals surface area contributed by atoms with Crippen LogP contribution in [0.25, 0.3) is 77.6 Å². The summed E-state index contributed by atoms with van der Waals surface area (Å²) in [5.74, 6) is 0.956. The van der Waals surface area contributed by atoms with Crippen molar-refractivity contribution in [2.75, 3.05) is 0 Å². The Morgan fingerprint density at radius 2 is 1.24 bits per heavy atom. The number of phenols is 1. The molecule has 4 heterocycles. The Morgan fingerprint density at radius 1 is 0.543 bits per heavy atom. The van der Waals surface area contributed by atoms with Gasteiger partial charge < -0.3 is 9.67 Å². The molecule has 218 valence electrons. The number of aryl methyl sites for hydroxylation is 1. The molecular formula is C41H28N4O. The first-order valence-electron chi connectivity index (χ1n) is 15.4. The third kappa shape index (κ3) is 3.95. The van der Waals surface area contributed by atoms with Crippen molar-refractivity contribution in [3.8, 4) is 39.8 Å². The van der Waals surface area contributed by atoms with Crippen molar-refractivity contribution in [2.24, 2.45) is 0 Å². The van der Waals surface area contributed by atoms with E-state index < -0.39 is 0 Å². The lowest BCUT2D eigenvalue weighted by molar-refractivity contribution is 0.479. The smallest absolute Gasteiger partial charge is 0.140 e. The van der Waals surface area contributed by atoms with E-state index in [9.17, 15) is 5.11 Å². The first-order chi connectivity index (χ1) is 22.7. The molecule has 0 aliphatic carbocycles. The number of para-hydroxylation sites is 3. The van der Waals surface area contributed by atoms with Gasteiger partial charge in [0, 0.05) is 44.6 Å². The van der Waals surface area contributed by atoms with Gasteiger partial charge in [0.1, 0.15) is 11.6 Å². The second-order valence-corrected chi connectivity index (χ2v) is 11.7. The molecule has 0 amide bonds. The van der Waals surface area contributed by atoms with Crippen LogP contribution < -0.4 is 0 Å². The van der Waals surface area contributed by atoms with Crippen molar-refractivity contribution in [3.05, 3.63) is 151 Å². The van der Waals surface area contributed by atoms with Crippen LogP contribution in [0.1, 0.15) is 5.56 Å². The van der Waals surface area contributed by atoms with E-state index in [-0.39, 0.29) is 5.75 Å². The SMILES string of the molecule is Cc1ccc(-c2cccc(-c3cccc(-n4c5ccc6c(c7ccccc7n6-c6ccccc6)c5c5cccc(O)c54)n3)c2)nc1. The summed E-state index contributed by atoms with van der Waals surface area (Å²) in [6.07, 6.45) is 1.89. The summed E-state index contributed by atoms with van der Waals surface area (Å²) >= 11 is 0. The van der Waals surface area contributed by atoms with Crippen molar-refractivity contribution >= 4 is 43.6 Å². The summed E-state index contributed by atoms with van der Waals surface area (Å²) in [6.45, 7) is 2.04. The fourth-order valence-corrected chi connectivity index (χ4v) is 6.88. The van der Waals surface area contributed by atoms with Gasteiger partial charge in [-0.15, -0.1) is 0 Å². The molecule has 0 aliphatic rings. The maximum atomic E-state index is 11.4. The van der Waals surface area contributed by atoms with Crippen molar-refractivity contribution in [1.29, 1.82) is 0 Å². The molecule has 4 aromatic heterocycles. The lowest BCUT2D eigenvalue weighted by atomic mass is 10.0. The van der Waals surface area contributed by atoms with Gasteiger partial charge in [-0.1, -0.05) is 78.9 Å². The molecule has 9 aromatic rings. The van der Waals surface area contributed by atoms with Crippen LogP contribution in [0.15, 0.2) is 146 Å². The molecule has 0 spiro atoms. The molecule has 0 fully saturated rings. The third-order valence-electron chi connectivity index (χ3n) is 8.91. The molecule has 5 nitrogen and oxygen atoms in total. The number of pyridine rings is 2. The predicted octanol–water partition coefficient (Wildman–Crippen LogP) is 10.0. The Bertz CT molecular complexity index is 2600. The number of fused-ring (bicyclic) bond motifs is 7. The van der Waals surface area contributed by atoms with Gasteiger partial charge in [-0.2, -0.15) is 0 Å². The standard InChI is InChI=1S/C41H28N4O/c1-26-20-21-32(42-25-26)27-10-7-11-28(24-27)33-16-9-19-38(43-33)45-36-23-22-35-39(40(36)31-15-8-18-37(46)41(31)45)30-14-5-6-17-34(30)44(35)29-12-3-2-4-13-29/h2-25,46H,1H3. The van der Waals surface area contributed by atoms with Crippen LogP contribution in [0.3, 0.4) is 0 Å². The van der Waals surface area contributed by atoms with Crippen LogP contribution >= 0.6 is 0 Å². The van der Waals surface area contributed by atoms with Gasteiger partial charge in [-0.3, -0.25) is 9.55 Å². The monoisotopic (exact) mass is 592 g/mol. The van der Waals surface area contributed by atoms with Crippen LogP contribution in [0.5, 0.6) is 5.75 Å². The Hall–Kier alpha value is -6.20. The number of phenolic OH excluding ortho intramolecular Hbond substituents is 1. The molecule has 0 saturated carbocycles. The highest BCUT2D eigenvalue weighted by molar-refractivity contribution is 6.29. The molecule has 0 atom stereocenters. The Morgan fingerprint density at radius 3 is 2.07 bits per heavy atom. The molecule has 0 saturated heterocycles. The number of nitrogens with zero attached hydrogens (tertiary/aromatic N) is 4. The normalized spacial score (nSPS) is 11.7. The molecule has 1 N–H and O–H groups in total. The van der Waals surface area contributed by atoms with E-state index in [1.165, 1.54) is 0 Å². The number of hydrogen-bond donors (Lipinski definition) is 1. The number of hydrogen-bond acceptors (Lipinski definition) is 3. The molecule has 0 unspecified atom stereocenters. The van der Waals surface area contributed by atoms with Crippen LogP contribution in [0, 0.1) is 6.92 Å². The van der Waals surface area contributed by atoms with Gasteiger partial charge in [0.25, 0.3) is 0 Å². The summed E-state index contributed by atoms with van der Waals surface area (Å²) < 4.78 is 4.42. The molecule has 0 radical (unpaired) electrons. The average Bonchev–Trinajstić information content (AvgIpc) is 3.63. The molecule has 0 bridgehead atoms. The summed E-state index contributed by atoms with van der Waals surface area (Å²) in [5, 5.41) is 15.8. The molecule has 5 heteroatoms. The number of aromatic hydroxyl groups is 1. The maximum absolute atomic E-state index is 11.4. The zero-order valence-corrected chi connectivity index (χ0v) is 25.1. The third-order valence-corrected chi connectivity index (χ3v) is 8.91. The van der Waals surface area contributed by atoms with Crippen LogP contribution in [-0.4, -0.2) is 24.2 Å². The second kappa shape index (κ2) is 10.2. The Labute approximate surface area is 265 Å². The van der Waals surface area contributed by atoms with Gasteiger partial charge in [0.15, 0.2) is 0 Å². The van der Waals surface area contributed by atoms with Crippen LogP contribution in [0.4, 0.5) is 0 Å². The fraction of sp³-hybridized carbons (Fsp3) is 0.0244. The van der Waals surface area contributed by atoms with Crippen molar-refractivity contribution in [1.82, 2.24) is 19.1 Å². The molecular weight excluding hydrogens is 564 g/mol. The van der Waals surface area contributed by atoms with Gasteiger partial charge >= 0.3 is 0 Å². The van der Waals surface area contributed by atoms with Crippen LogP contribution in [-0.2, 0) is 0 Å². The van der Waals surface area contributed by atoms with E-state index in [0.29, 0.717) is 0 Å². The van der Waals surface area contributed by atoms with E-state index in [2.05, 4.69) is 111 Å². The Balaban J connectivity index is 1.31. The minimum atomic E-state index is 0.216. The second-order valence-electron chi connectivity index (χ2n) is 11.7. The quantitative estimate of drug-likeness (QED) is 0.221. The van der Waals surface area contributed by atoms with Gasteiger partial charge in [0.05, 0.1) is 33.5 Å². The van der Waals surface area contributed by atoms with E-state index >= 15 is 0 Å². The first-order valence-corrected chi connectivity index (χ1v) is 15.4. The summed E-state index contributed by atoms with van der Waals surface area (Å²) in [5.41, 5.74) is 10.0. The zero-order chi connectivity index (χ0) is 30.8. The highest BCUT2D eigenvalue weighted by atomic mass is 16.3. The molecule has 0 aliphatic heterocycles. The zero-order valence-electron chi connectivity index (χ0n) is 25.1. The lowest BCUT2D eigenvalue weighted by Gasteiger charge is -2.11. The summed E-state index contributed by atoms with van der Waals surface area (Å²) in [4.78, 5) is 9.83. The fourth-order valence-electron chi connectivity index (χ4n) is 6.88. The van der Waals surface area contributed by atoms with Crippen molar-refractivity contribution in [2.45, 2.75) is 6.92 Å². The van der Waals surface area contributed by atoms with E-state index in [1.54, 1.807) is 6.07 Å². The molecule has 9 rings (SSSR count). The number of benzene rings is 5. The van der Waals surface area contributed by atoms with Crippen molar-refractivity contribution < 1.29 is 5.11 Å². The average molecular weight is 593 g/mol. The topological polar surface area (TPSA) is 55.9 Å². The highest BCUT2D eigenvalue weighted by Crippen LogP contribution is 2.44. The Kier molecular flexibility index (Phi) is 5.80. The van der Waals surface area contributed by atoms with Crippen LogP contribution in [0.2, 0.25) is 0 Å². The molecule has 5 aromatic carbocycles. The largest absolute Gasteiger partial charge is 0.506 e. The minimum Gasteiger partial charge on any atom is -0.506 e. The first kappa shape index (κ1) is 26.2. The summed E-state index contributed by atoms with van der Waals surface area (Å²) in [6, 6.07) is 47.7. The van der Waals surface area contributed by atoms with E-state index in [0.717, 1.165) is 83.2 Å². The maximum Gasteiger partial charge on any atom is 0.140 e.